The third-order valence-corrected chi connectivity index (χ3v) is 3.17. The van der Waals surface area contributed by atoms with E-state index in [4.69, 9.17) is 0 Å². The van der Waals surface area contributed by atoms with Crippen LogP contribution in [0.5, 0.6) is 0 Å². The fourth-order valence-corrected chi connectivity index (χ4v) is 1.48. The maximum atomic E-state index is 14.0. The van der Waals surface area contributed by atoms with Crippen molar-refractivity contribution in [2.75, 3.05) is 6.61 Å². The average molecular weight is 552 g/mol. The molecule has 0 aliphatic rings. The largest absolute Gasteiger partial charge is 0.462 e. The van der Waals surface area contributed by atoms with Gasteiger partial charge in [-0.25, -0.2) is 4.79 Å². The summed E-state index contributed by atoms with van der Waals surface area (Å²) in [7, 11) is 0. The third kappa shape index (κ3) is 5.88. The number of esters is 1. The Morgan fingerprint density at radius 1 is 0.618 bits per heavy atom. The second-order valence-corrected chi connectivity index (χ2v) is 6.49. The van der Waals surface area contributed by atoms with Gasteiger partial charge in [0.25, 0.3) is 0 Å². The lowest BCUT2D eigenvalue weighted by atomic mass is 10.2. The number of hydrogen-bond donors (Lipinski definition) is 0. The van der Waals surface area contributed by atoms with Crippen LogP contribution in [0.1, 0.15) is 13.8 Å². The molecule has 0 aromatic rings. The zero-order valence-corrected chi connectivity index (χ0v) is 15.8. The zero-order valence-electron chi connectivity index (χ0n) is 15.8. The van der Waals surface area contributed by atoms with Crippen molar-refractivity contribution in [3.63, 3.8) is 0 Å². The summed E-state index contributed by atoms with van der Waals surface area (Å²) in [5.41, 5.74) is 0. The molecular weight excluding hydrogens is 543 g/mol. The molecule has 0 bridgehead atoms. The standard InChI is InChI=1S/C13H9F17O4/c1-4(2)3-32-5(31)6(14,9(18,19)20)33-13(29,30)8(17,11(24,25)26)34-12(27,28)7(15,16)10(21,22)23/h4H,3H2,1-2H3/t6-,8-/m0/s1. The number of ether oxygens (including phenoxy) is 3. The predicted molar refractivity (Wildman–Crippen MR) is 68.7 cm³/mol. The molecule has 2 atom stereocenters. The van der Waals surface area contributed by atoms with Crippen molar-refractivity contribution >= 4 is 5.97 Å². The van der Waals surface area contributed by atoms with E-state index in [2.05, 4.69) is 4.74 Å². The molecule has 4 nitrogen and oxygen atoms in total. The van der Waals surface area contributed by atoms with Crippen LogP contribution in [0.25, 0.3) is 0 Å². The molecule has 204 valence electrons. The Hall–Kier alpha value is -1.80. The average Bonchev–Trinajstić information content (AvgIpc) is 2.55. The lowest BCUT2D eigenvalue weighted by Gasteiger charge is -2.39. The summed E-state index contributed by atoms with van der Waals surface area (Å²) in [5.74, 6) is -27.4. The lowest BCUT2D eigenvalue weighted by molar-refractivity contribution is -0.548. The second kappa shape index (κ2) is 9.01. The van der Waals surface area contributed by atoms with Gasteiger partial charge in [-0.1, -0.05) is 13.8 Å². The maximum Gasteiger partial charge on any atom is 0.462 e. The van der Waals surface area contributed by atoms with Crippen molar-refractivity contribution in [2.45, 2.75) is 62.2 Å². The first-order valence-corrected chi connectivity index (χ1v) is 7.79. The molecule has 0 radical (unpaired) electrons. The topological polar surface area (TPSA) is 44.8 Å². The molecule has 0 saturated carbocycles. The first kappa shape index (κ1) is 32.2. The minimum atomic E-state index is -8.04. The Kier molecular flexibility index (Phi) is 8.53. The van der Waals surface area contributed by atoms with Crippen LogP contribution in [0, 0.1) is 5.92 Å². The monoisotopic (exact) mass is 552 g/mol. The summed E-state index contributed by atoms with van der Waals surface area (Å²) >= 11 is 0. The Morgan fingerprint density at radius 3 is 1.32 bits per heavy atom. The normalized spacial score (nSPS) is 18.5. The molecular formula is C13H9F17O4. The molecule has 0 fully saturated rings. The van der Waals surface area contributed by atoms with Crippen molar-refractivity contribution in [1.82, 2.24) is 0 Å². The first-order valence-electron chi connectivity index (χ1n) is 7.79. The Balaban J connectivity index is 6.67. The molecule has 0 aromatic heterocycles. The molecule has 0 N–H and O–H groups in total. The van der Waals surface area contributed by atoms with Gasteiger partial charge in [-0.05, 0) is 5.92 Å². The van der Waals surface area contributed by atoms with E-state index in [1.807, 2.05) is 4.74 Å². The number of hydrogen-bond acceptors (Lipinski definition) is 4. The van der Waals surface area contributed by atoms with Gasteiger partial charge in [0.15, 0.2) is 0 Å². The van der Waals surface area contributed by atoms with E-state index in [-0.39, 0.29) is 0 Å². The number of carbonyl (C=O) groups excluding carboxylic acids is 1. The summed E-state index contributed by atoms with van der Waals surface area (Å²) in [5, 5.41) is 0. The molecule has 34 heavy (non-hydrogen) atoms. The van der Waals surface area contributed by atoms with Crippen LogP contribution in [-0.2, 0) is 19.0 Å². The Bertz CT molecular complexity index is 724. The van der Waals surface area contributed by atoms with E-state index in [0.29, 0.717) is 0 Å². The number of rotatable bonds is 9. The third-order valence-electron chi connectivity index (χ3n) is 3.17. The predicted octanol–water partition coefficient (Wildman–Crippen LogP) is 6.06. The van der Waals surface area contributed by atoms with Crippen molar-refractivity contribution in [3.05, 3.63) is 0 Å². The van der Waals surface area contributed by atoms with Gasteiger partial charge in [0.1, 0.15) is 0 Å². The molecule has 0 aliphatic carbocycles. The molecule has 0 unspecified atom stereocenters. The number of alkyl halides is 17. The first-order chi connectivity index (χ1) is 14.5. The van der Waals surface area contributed by atoms with Gasteiger partial charge >= 0.3 is 54.3 Å². The zero-order chi connectivity index (χ0) is 28.0. The van der Waals surface area contributed by atoms with E-state index in [1.54, 1.807) is 0 Å². The fraction of sp³-hybridized carbons (Fsp3) is 0.923. The summed E-state index contributed by atoms with van der Waals surface area (Å²) in [6.45, 7) is 0.786. The molecule has 0 rings (SSSR count). The second-order valence-electron chi connectivity index (χ2n) is 6.49. The highest BCUT2D eigenvalue weighted by atomic mass is 19.4. The highest BCUT2D eigenvalue weighted by Gasteiger charge is 2.85. The molecule has 0 heterocycles. The van der Waals surface area contributed by atoms with Gasteiger partial charge in [-0.3, -0.25) is 9.47 Å². The van der Waals surface area contributed by atoms with Gasteiger partial charge in [0.05, 0.1) is 6.61 Å². The number of carbonyl (C=O) groups is 1. The van der Waals surface area contributed by atoms with Gasteiger partial charge in [0.2, 0.25) is 0 Å². The Labute approximate surface area is 175 Å². The van der Waals surface area contributed by atoms with Crippen LogP contribution >= 0.6 is 0 Å². The van der Waals surface area contributed by atoms with Crippen LogP contribution in [0.3, 0.4) is 0 Å². The SMILES string of the molecule is CC(C)COC(=O)[C@](F)(OC(F)(F)[C@@](F)(OC(F)(F)C(F)(F)C(F)(F)F)C(F)(F)F)C(F)(F)F. The molecule has 0 spiro atoms. The van der Waals surface area contributed by atoms with Crippen LogP contribution in [0.15, 0.2) is 0 Å². The maximum absolute atomic E-state index is 14.0. The van der Waals surface area contributed by atoms with Crippen molar-refractivity contribution in [3.8, 4) is 0 Å². The van der Waals surface area contributed by atoms with E-state index in [1.165, 1.54) is 4.74 Å². The summed E-state index contributed by atoms with van der Waals surface area (Å²) in [6.07, 6.45) is -38.5. The molecule has 21 heteroatoms. The van der Waals surface area contributed by atoms with Gasteiger partial charge in [-0.2, -0.15) is 74.6 Å². The van der Waals surface area contributed by atoms with E-state index < -0.39 is 66.9 Å². The lowest BCUT2D eigenvalue weighted by Crippen LogP contribution is -2.68. The molecule has 0 aromatic carbocycles. The summed E-state index contributed by atoms with van der Waals surface area (Å²) in [4.78, 5) is 11.2. The van der Waals surface area contributed by atoms with Crippen molar-refractivity contribution in [1.29, 1.82) is 0 Å². The van der Waals surface area contributed by atoms with Gasteiger partial charge in [-0.15, -0.1) is 0 Å². The minimum absolute atomic E-state index is 1.01. The smallest absolute Gasteiger partial charge is 0.461 e. The van der Waals surface area contributed by atoms with Crippen molar-refractivity contribution in [2.24, 2.45) is 5.92 Å². The van der Waals surface area contributed by atoms with Crippen LogP contribution in [0.4, 0.5) is 74.6 Å². The van der Waals surface area contributed by atoms with Crippen LogP contribution < -0.4 is 0 Å². The van der Waals surface area contributed by atoms with Gasteiger partial charge in [0, 0.05) is 0 Å². The highest BCUT2D eigenvalue weighted by molar-refractivity contribution is 5.78. The molecule has 0 amide bonds. The molecule has 0 saturated heterocycles. The van der Waals surface area contributed by atoms with E-state index >= 15 is 0 Å². The summed E-state index contributed by atoms with van der Waals surface area (Å²) < 4.78 is 226. The van der Waals surface area contributed by atoms with E-state index in [9.17, 15) is 79.4 Å². The van der Waals surface area contributed by atoms with Crippen molar-refractivity contribution < 1.29 is 93.6 Å². The quantitative estimate of drug-likeness (QED) is 0.258. The summed E-state index contributed by atoms with van der Waals surface area (Å²) in [6, 6.07) is 0. The fourth-order valence-electron chi connectivity index (χ4n) is 1.48. The highest BCUT2D eigenvalue weighted by Crippen LogP contribution is 2.56. The Morgan fingerprint density at radius 2 is 1.03 bits per heavy atom. The van der Waals surface area contributed by atoms with E-state index in [0.717, 1.165) is 13.8 Å². The minimum Gasteiger partial charge on any atom is -0.461 e. The van der Waals surface area contributed by atoms with Gasteiger partial charge < -0.3 is 4.74 Å². The van der Waals surface area contributed by atoms with Crippen LogP contribution in [0.2, 0.25) is 0 Å². The molecule has 0 aliphatic heterocycles. The van der Waals surface area contributed by atoms with Crippen LogP contribution in [-0.4, -0.2) is 61.0 Å². The number of halogens is 17.